The standard InChI is InChI=1S/C19H11F5N2O3/c20-10-3-5-12(14(21)8-10)17(27)26-15-6-4-11(9-13(15)19(22,23)24)25-18(28)16-2-1-7-29-16/h1-9H,(H,25,28)(H,26,27). The first-order chi connectivity index (χ1) is 13.6. The van der Waals surface area contributed by atoms with Gasteiger partial charge in [-0.05, 0) is 42.5 Å². The van der Waals surface area contributed by atoms with Crippen LogP contribution in [0.1, 0.15) is 26.5 Å². The van der Waals surface area contributed by atoms with Crippen molar-refractivity contribution in [3.05, 3.63) is 83.3 Å². The second-order valence-electron chi connectivity index (χ2n) is 5.77. The van der Waals surface area contributed by atoms with Crippen LogP contribution in [0.4, 0.5) is 33.3 Å². The number of alkyl halides is 3. The molecule has 0 aliphatic carbocycles. The molecule has 0 aliphatic rings. The number of anilines is 2. The molecule has 150 valence electrons. The summed E-state index contributed by atoms with van der Waals surface area (Å²) in [4.78, 5) is 24.0. The number of carbonyl (C=O) groups excluding carboxylic acids is 2. The lowest BCUT2D eigenvalue weighted by molar-refractivity contribution is -0.136. The third-order valence-electron chi connectivity index (χ3n) is 3.75. The van der Waals surface area contributed by atoms with Crippen molar-refractivity contribution >= 4 is 23.2 Å². The Morgan fingerprint density at radius 1 is 0.897 bits per heavy atom. The molecule has 3 aromatic rings. The molecular formula is C19H11F5N2O3. The molecule has 2 aromatic carbocycles. The first kappa shape index (κ1) is 20.1. The van der Waals surface area contributed by atoms with Gasteiger partial charge >= 0.3 is 6.18 Å². The van der Waals surface area contributed by atoms with Crippen LogP contribution in [0.15, 0.2) is 59.2 Å². The van der Waals surface area contributed by atoms with Gasteiger partial charge in [-0.1, -0.05) is 0 Å². The van der Waals surface area contributed by atoms with E-state index < -0.39 is 46.4 Å². The second kappa shape index (κ2) is 7.74. The predicted molar refractivity (Wildman–Crippen MR) is 92.4 cm³/mol. The number of hydrogen-bond acceptors (Lipinski definition) is 3. The van der Waals surface area contributed by atoms with E-state index >= 15 is 0 Å². The summed E-state index contributed by atoms with van der Waals surface area (Å²) in [5.74, 6) is -4.23. The van der Waals surface area contributed by atoms with Gasteiger partial charge in [0, 0.05) is 11.8 Å². The Morgan fingerprint density at radius 3 is 2.28 bits per heavy atom. The highest BCUT2D eigenvalue weighted by atomic mass is 19.4. The lowest BCUT2D eigenvalue weighted by atomic mass is 10.1. The lowest BCUT2D eigenvalue weighted by Crippen LogP contribution is -2.19. The van der Waals surface area contributed by atoms with Crippen LogP contribution in [0, 0.1) is 11.6 Å². The second-order valence-corrected chi connectivity index (χ2v) is 5.77. The largest absolute Gasteiger partial charge is 0.459 e. The SMILES string of the molecule is O=C(Nc1ccc(NC(=O)c2ccc(F)cc2F)c(C(F)(F)F)c1)c1ccco1. The van der Waals surface area contributed by atoms with E-state index in [4.69, 9.17) is 4.42 Å². The van der Waals surface area contributed by atoms with Crippen molar-refractivity contribution in [2.45, 2.75) is 6.18 Å². The molecule has 10 heteroatoms. The predicted octanol–water partition coefficient (Wildman–Crippen LogP) is 5.08. The molecule has 1 heterocycles. The number of rotatable bonds is 4. The van der Waals surface area contributed by atoms with E-state index in [-0.39, 0.29) is 11.4 Å². The van der Waals surface area contributed by atoms with E-state index in [2.05, 4.69) is 5.32 Å². The van der Waals surface area contributed by atoms with Gasteiger partial charge in [-0.25, -0.2) is 8.78 Å². The Bertz CT molecular complexity index is 1060. The molecule has 0 saturated carbocycles. The smallest absolute Gasteiger partial charge is 0.418 e. The summed E-state index contributed by atoms with van der Waals surface area (Å²) in [5.41, 5.74) is -2.77. The Labute approximate surface area is 160 Å². The van der Waals surface area contributed by atoms with Gasteiger partial charge in [0.2, 0.25) is 0 Å². The Morgan fingerprint density at radius 2 is 1.66 bits per heavy atom. The highest BCUT2D eigenvalue weighted by molar-refractivity contribution is 6.05. The molecule has 1 aromatic heterocycles. The molecule has 3 rings (SSSR count). The molecule has 0 fully saturated rings. The molecule has 0 unspecified atom stereocenters. The van der Waals surface area contributed by atoms with Crippen LogP contribution in [-0.2, 0) is 6.18 Å². The number of carbonyl (C=O) groups is 2. The van der Waals surface area contributed by atoms with E-state index in [1.807, 2.05) is 5.32 Å². The summed E-state index contributed by atoms with van der Waals surface area (Å²) in [7, 11) is 0. The zero-order valence-corrected chi connectivity index (χ0v) is 14.3. The average molecular weight is 410 g/mol. The number of amides is 2. The maximum Gasteiger partial charge on any atom is 0.418 e. The first-order valence-electron chi connectivity index (χ1n) is 7.97. The summed E-state index contributed by atoms with van der Waals surface area (Å²) in [6, 6.07) is 7.44. The van der Waals surface area contributed by atoms with Gasteiger partial charge in [-0.2, -0.15) is 13.2 Å². The van der Waals surface area contributed by atoms with Crippen molar-refractivity contribution in [3.8, 4) is 0 Å². The molecule has 0 aliphatic heterocycles. The van der Waals surface area contributed by atoms with Gasteiger partial charge < -0.3 is 15.1 Å². The van der Waals surface area contributed by atoms with Crippen LogP contribution in [0.5, 0.6) is 0 Å². The van der Waals surface area contributed by atoms with Gasteiger partial charge in [-0.15, -0.1) is 0 Å². The van der Waals surface area contributed by atoms with Crippen LogP contribution in [0.2, 0.25) is 0 Å². The van der Waals surface area contributed by atoms with Crippen molar-refractivity contribution in [2.75, 3.05) is 10.6 Å². The quantitative estimate of drug-likeness (QED) is 0.590. The highest BCUT2D eigenvalue weighted by Gasteiger charge is 2.34. The Balaban J connectivity index is 1.88. The maximum atomic E-state index is 13.7. The maximum absolute atomic E-state index is 13.7. The minimum Gasteiger partial charge on any atom is -0.459 e. The van der Waals surface area contributed by atoms with E-state index in [0.29, 0.717) is 12.1 Å². The fourth-order valence-corrected chi connectivity index (χ4v) is 2.43. The molecule has 2 N–H and O–H groups in total. The van der Waals surface area contributed by atoms with Crippen LogP contribution in [0.25, 0.3) is 0 Å². The molecule has 0 atom stereocenters. The molecule has 0 radical (unpaired) electrons. The monoisotopic (exact) mass is 410 g/mol. The Hall–Kier alpha value is -3.69. The summed E-state index contributed by atoms with van der Waals surface area (Å²) in [6.45, 7) is 0. The number of halogens is 5. The van der Waals surface area contributed by atoms with E-state index in [1.165, 1.54) is 18.4 Å². The molecule has 0 spiro atoms. The summed E-state index contributed by atoms with van der Waals surface area (Å²) < 4.78 is 71.8. The highest BCUT2D eigenvalue weighted by Crippen LogP contribution is 2.37. The fourth-order valence-electron chi connectivity index (χ4n) is 2.43. The van der Waals surface area contributed by atoms with Crippen LogP contribution in [-0.4, -0.2) is 11.8 Å². The van der Waals surface area contributed by atoms with Gasteiger partial charge in [-0.3, -0.25) is 9.59 Å². The zero-order valence-electron chi connectivity index (χ0n) is 14.3. The number of furan rings is 1. The third kappa shape index (κ3) is 4.60. The number of nitrogens with one attached hydrogen (secondary N) is 2. The van der Waals surface area contributed by atoms with E-state index in [9.17, 15) is 31.5 Å². The van der Waals surface area contributed by atoms with Gasteiger partial charge in [0.15, 0.2) is 5.76 Å². The topological polar surface area (TPSA) is 71.3 Å². The van der Waals surface area contributed by atoms with Crippen molar-refractivity contribution in [1.82, 2.24) is 0 Å². The van der Waals surface area contributed by atoms with Crippen molar-refractivity contribution in [3.63, 3.8) is 0 Å². The minimum atomic E-state index is -4.89. The zero-order chi connectivity index (χ0) is 21.2. The summed E-state index contributed by atoms with van der Waals surface area (Å²) in [5, 5.41) is 4.19. The van der Waals surface area contributed by atoms with Crippen LogP contribution < -0.4 is 10.6 Å². The van der Waals surface area contributed by atoms with Crippen molar-refractivity contribution < 1.29 is 36.0 Å². The van der Waals surface area contributed by atoms with Crippen LogP contribution >= 0.6 is 0 Å². The number of benzene rings is 2. The Kier molecular flexibility index (Phi) is 5.35. The average Bonchev–Trinajstić information content (AvgIpc) is 3.16. The molecule has 2 amide bonds. The first-order valence-corrected chi connectivity index (χ1v) is 7.97. The molecule has 29 heavy (non-hydrogen) atoms. The lowest BCUT2D eigenvalue weighted by Gasteiger charge is -2.16. The molecule has 5 nitrogen and oxygen atoms in total. The van der Waals surface area contributed by atoms with Gasteiger partial charge in [0.1, 0.15) is 11.6 Å². The van der Waals surface area contributed by atoms with Crippen molar-refractivity contribution in [1.29, 1.82) is 0 Å². The van der Waals surface area contributed by atoms with E-state index in [1.54, 1.807) is 0 Å². The summed E-state index contributed by atoms with van der Waals surface area (Å²) in [6.07, 6.45) is -3.67. The molecule has 0 saturated heterocycles. The van der Waals surface area contributed by atoms with Crippen molar-refractivity contribution in [2.24, 2.45) is 0 Å². The third-order valence-corrected chi connectivity index (χ3v) is 3.75. The van der Waals surface area contributed by atoms with Gasteiger partial charge in [0.05, 0.1) is 23.1 Å². The minimum absolute atomic E-state index is 0.109. The number of hydrogen-bond donors (Lipinski definition) is 2. The molecular weight excluding hydrogens is 399 g/mol. The van der Waals surface area contributed by atoms with Gasteiger partial charge in [0.25, 0.3) is 11.8 Å². The summed E-state index contributed by atoms with van der Waals surface area (Å²) >= 11 is 0. The van der Waals surface area contributed by atoms with E-state index in [0.717, 1.165) is 24.3 Å². The normalized spacial score (nSPS) is 11.2. The fraction of sp³-hybridized carbons (Fsp3) is 0.0526. The molecule has 0 bridgehead atoms. The van der Waals surface area contributed by atoms with Crippen LogP contribution in [0.3, 0.4) is 0 Å².